The van der Waals surface area contributed by atoms with Gasteiger partial charge in [0.2, 0.25) is 0 Å². The molecule has 1 atom stereocenters. The third-order valence-corrected chi connectivity index (χ3v) is 17.8. The van der Waals surface area contributed by atoms with Crippen LogP contribution in [0.2, 0.25) is 5.04 Å². The van der Waals surface area contributed by atoms with E-state index in [0.717, 1.165) is 81.0 Å². The molecule has 0 radical (unpaired) electrons. The second-order valence-corrected chi connectivity index (χ2v) is 23.5. The number of unbranched alkanes of at least 4 members (excludes halogenated alkanes) is 18. The Morgan fingerprint density at radius 2 is 0.812 bits per heavy atom. The van der Waals surface area contributed by atoms with E-state index in [0.29, 0.717) is 44.6 Å². The van der Waals surface area contributed by atoms with Crippen molar-refractivity contribution in [1.29, 1.82) is 0 Å². The first-order chi connectivity index (χ1) is 31.1. The first-order valence-corrected chi connectivity index (χ1v) is 28.3. The molecule has 2 aromatic rings. The summed E-state index contributed by atoms with van der Waals surface area (Å²) in [7, 11) is -3.14. The number of benzene rings is 2. The zero-order valence-corrected chi connectivity index (χ0v) is 42.7. The maximum absolute atomic E-state index is 13.0. The topological polar surface area (TPSA) is 99.1 Å². The number of carbonyl (C=O) groups is 3. The highest BCUT2D eigenvalue weighted by Gasteiger charge is 2.50. The van der Waals surface area contributed by atoms with Gasteiger partial charge in [0.05, 0.1) is 19.8 Å². The number of rotatable bonds is 41. The van der Waals surface area contributed by atoms with Crippen LogP contribution in [0, 0.1) is 11.8 Å². The number of hydrogen-bond acceptors (Lipinski definition) is 7. The third kappa shape index (κ3) is 25.1. The molecule has 7 nitrogen and oxygen atoms in total. The van der Waals surface area contributed by atoms with Gasteiger partial charge in [0, 0.05) is 25.2 Å². The normalized spacial score (nSPS) is 12.4. The van der Waals surface area contributed by atoms with Gasteiger partial charge in [-0.2, -0.15) is 0 Å². The van der Waals surface area contributed by atoms with E-state index in [1.165, 1.54) is 89.9 Å². The Bertz CT molecular complexity index is 1380. The molecule has 0 aliphatic rings. The van der Waals surface area contributed by atoms with Crippen LogP contribution in [0.1, 0.15) is 227 Å². The Morgan fingerprint density at radius 3 is 1.27 bits per heavy atom. The molecule has 2 aromatic carbocycles. The van der Waals surface area contributed by atoms with Gasteiger partial charge in [-0.25, -0.2) is 0 Å². The van der Waals surface area contributed by atoms with Crippen molar-refractivity contribution in [3.8, 4) is 0 Å². The van der Waals surface area contributed by atoms with Gasteiger partial charge in [0.1, 0.15) is 0 Å². The molecule has 0 saturated carbocycles. The summed E-state index contributed by atoms with van der Waals surface area (Å²) in [6, 6.07) is 20.7. The van der Waals surface area contributed by atoms with Crippen molar-refractivity contribution in [3.05, 3.63) is 60.7 Å². The summed E-state index contributed by atoms with van der Waals surface area (Å²) >= 11 is 0. The average Bonchev–Trinajstić information content (AvgIpc) is 3.30. The number of ether oxygens (including phenoxy) is 3. The molecule has 0 fully saturated rings. The summed E-state index contributed by atoms with van der Waals surface area (Å²) in [6.45, 7) is 12.0. The molecule has 0 heterocycles. The molecule has 364 valence electrons. The molecular weight excluding hydrogens is 813 g/mol. The molecule has 2 rings (SSSR count). The zero-order chi connectivity index (χ0) is 46.6. The number of hydrogen-bond donors (Lipinski definition) is 1. The van der Waals surface area contributed by atoms with Crippen LogP contribution in [-0.2, 0) is 28.6 Å². The van der Waals surface area contributed by atoms with Gasteiger partial charge >= 0.3 is 17.9 Å². The molecule has 8 heteroatoms. The van der Waals surface area contributed by atoms with Crippen molar-refractivity contribution in [2.45, 2.75) is 232 Å². The van der Waals surface area contributed by atoms with Gasteiger partial charge < -0.3 is 19.0 Å². The van der Waals surface area contributed by atoms with Crippen molar-refractivity contribution in [2.75, 3.05) is 19.8 Å². The summed E-state index contributed by atoms with van der Waals surface area (Å²) in [5.74, 6) is -0.234. The molecule has 0 bridgehead atoms. The standard InChI is InChI=1S/C56H94O7Si/c1-6-9-12-15-16-17-18-19-22-25-35-49(46-56(4,5)64(60,51-38-26-23-27-39-51)52-40-28-24-29-41-52)37-34-45-61-53(57)44-33-32-36-50(47-62-54(58)42-30-20-13-10-7-2)48-63-55(59)43-31-21-14-11-8-3/h23-24,26-29,38-41,49-50,60H,6-22,25,30-37,42-48H2,1-5H3. The molecular formula is C56H94O7Si. The van der Waals surface area contributed by atoms with E-state index in [-0.39, 0.29) is 42.1 Å². The fourth-order valence-electron chi connectivity index (χ4n) is 9.30. The first-order valence-electron chi connectivity index (χ1n) is 26.4. The fourth-order valence-corrected chi connectivity index (χ4v) is 13.1. The summed E-state index contributed by atoms with van der Waals surface area (Å²) in [5.41, 5.74) is 0. The molecule has 64 heavy (non-hydrogen) atoms. The highest BCUT2D eigenvalue weighted by molar-refractivity contribution is 6.98. The summed E-state index contributed by atoms with van der Waals surface area (Å²) in [6.07, 6.45) is 30.9. The van der Waals surface area contributed by atoms with Gasteiger partial charge in [-0.05, 0) is 66.3 Å². The molecule has 0 amide bonds. The van der Waals surface area contributed by atoms with Crippen LogP contribution in [0.3, 0.4) is 0 Å². The number of esters is 3. The average molecular weight is 907 g/mol. The zero-order valence-electron chi connectivity index (χ0n) is 41.7. The van der Waals surface area contributed by atoms with Crippen LogP contribution in [0.5, 0.6) is 0 Å². The Hall–Kier alpha value is -2.97. The van der Waals surface area contributed by atoms with Crippen molar-refractivity contribution >= 4 is 36.6 Å². The fraction of sp³-hybridized carbons (Fsp3) is 0.732. The van der Waals surface area contributed by atoms with E-state index in [2.05, 4.69) is 58.9 Å². The van der Waals surface area contributed by atoms with Crippen LogP contribution >= 0.6 is 0 Å². The monoisotopic (exact) mass is 907 g/mol. The smallest absolute Gasteiger partial charge is 0.305 e. The van der Waals surface area contributed by atoms with Gasteiger partial charge in [0.15, 0.2) is 0 Å². The van der Waals surface area contributed by atoms with E-state index in [1.54, 1.807) is 0 Å². The van der Waals surface area contributed by atoms with Crippen molar-refractivity contribution in [1.82, 2.24) is 0 Å². The van der Waals surface area contributed by atoms with Crippen molar-refractivity contribution in [3.63, 3.8) is 0 Å². The molecule has 0 aromatic heterocycles. The van der Waals surface area contributed by atoms with Crippen LogP contribution in [0.15, 0.2) is 60.7 Å². The first kappa shape index (κ1) is 57.2. The van der Waals surface area contributed by atoms with Crippen LogP contribution < -0.4 is 10.4 Å². The predicted molar refractivity (Wildman–Crippen MR) is 270 cm³/mol. The molecule has 0 spiro atoms. The highest BCUT2D eigenvalue weighted by Crippen LogP contribution is 2.43. The lowest BCUT2D eigenvalue weighted by Gasteiger charge is -2.43. The van der Waals surface area contributed by atoms with Gasteiger partial charge in [-0.1, -0.05) is 224 Å². The van der Waals surface area contributed by atoms with Crippen molar-refractivity contribution in [2.24, 2.45) is 11.8 Å². The van der Waals surface area contributed by atoms with E-state index in [9.17, 15) is 19.2 Å². The summed E-state index contributed by atoms with van der Waals surface area (Å²) in [5, 5.41) is 1.77. The minimum absolute atomic E-state index is 0.0923. The van der Waals surface area contributed by atoms with Crippen LogP contribution in [0.4, 0.5) is 0 Å². The van der Waals surface area contributed by atoms with E-state index in [1.807, 2.05) is 36.4 Å². The van der Waals surface area contributed by atoms with Gasteiger partial charge in [0.25, 0.3) is 8.32 Å². The quantitative estimate of drug-likeness (QED) is 0.0307. The Balaban J connectivity index is 1.93. The maximum atomic E-state index is 13.0. The predicted octanol–water partition coefficient (Wildman–Crippen LogP) is 14.1. The van der Waals surface area contributed by atoms with Crippen LogP contribution in [-0.4, -0.2) is 50.8 Å². The Labute approximate surface area is 393 Å². The number of carbonyl (C=O) groups excluding carboxylic acids is 3. The summed E-state index contributed by atoms with van der Waals surface area (Å²) in [4.78, 5) is 50.8. The van der Waals surface area contributed by atoms with E-state index >= 15 is 0 Å². The third-order valence-electron chi connectivity index (χ3n) is 13.3. The second kappa shape index (κ2) is 36.2. The second-order valence-electron chi connectivity index (χ2n) is 19.5. The molecule has 1 unspecified atom stereocenters. The molecule has 0 saturated heterocycles. The lowest BCUT2D eigenvalue weighted by molar-refractivity contribution is -0.149. The van der Waals surface area contributed by atoms with Gasteiger partial charge in [-0.3, -0.25) is 14.4 Å². The molecule has 0 aliphatic heterocycles. The minimum Gasteiger partial charge on any atom is -0.466 e. The largest absolute Gasteiger partial charge is 0.466 e. The minimum atomic E-state index is -3.14. The Kier molecular flexibility index (Phi) is 32.3. The lowest BCUT2D eigenvalue weighted by atomic mass is 9.87. The van der Waals surface area contributed by atoms with Crippen molar-refractivity contribution < 1.29 is 33.4 Å². The van der Waals surface area contributed by atoms with Gasteiger partial charge in [-0.15, -0.1) is 0 Å². The SMILES string of the molecule is CCCCCCCCCCCCC(CCCOC(=O)CCCCC(COC(=O)CCCCCCC)COC(=O)CCCCCCC)CC(C)(C)[Si](O)(c1ccccc1)c1ccccc1. The molecule has 0 aliphatic carbocycles. The molecule has 1 N–H and O–H groups in total. The highest BCUT2D eigenvalue weighted by atomic mass is 28.4. The Morgan fingerprint density at radius 1 is 0.469 bits per heavy atom. The van der Waals surface area contributed by atoms with E-state index < -0.39 is 8.32 Å². The lowest BCUT2D eigenvalue weighted by Crippen LogP contribution is -2.65. The summed E-state index contributed by atoms with van der Waals surface area (Å²) < 4.78 is 17.1. The van der Waals surface area contributed by atoms with Crippen LogP contribution in [0.25, 0.3) is 0 Å². The maximum Gasteiger partial charge on any atom is 0.305 e. The van der Waals surface area contributed by atoms with E-state index in [4.69, 9.17) is 14.2 Å².